The topological polar surface area (TPSA) is 41.9 Å². The SMILES string of the molecule is Oc1ccc(C2=C(c3ccc(OCCN4CCCC4)cc3)c3ccc(F)cc3OCC2)cc1. The van der Waals surface area contributed by atoms with Gasteiger partial charge >= 0.3 is 0 Å². The molecule has 1 saturated heterocycles. The number of phenols is 1. The summed E-state index contributed by atoms with van der Waals surface area (Å²) in [4.78, 5) is 2.44. The summed E-state index contributed by atoms with van der Waals surface area (Å²) in [5.74, 6) is 1.30. The van der Waals surface area contributed by atoms with Crippen LogP contribution in [0.4, 0.5) is 4.39 Å². The number of benzene rings is 3. The lowest BCUT2D eigenvalue weighted by molar-refractivity contribution is 0.238. The normalized spacial score (nSPS) is 16.3. The van der Waals surface area contributed by atoms with E-state index in [9.17, 15) is 9.50 Å². The van der Waals surface area contributed by atoms with Gasteiger partial charge < -0.3 is 14.6 Å². The molecular formula is C28H28FNO3. The van der Waals surface area contributed by atoms with Crippen molar-refractivity contribution in [3.05, 3.63) is 89.2 Å². The van der Waals surface area contributed by atoms with Crippen LogP contribution in [0.5, 0.6) is 17.2 Å². The minimum Gasteiger partial charge on any atom is -0.508 e. The van der Waals surface area contributed by atoms with Crippen molar-refractivity contribution < 1.29 is 19.0 Å². The third kappa shape index (κ3) is 4.88. The molecule has 3 aromatic carbocycles. The van der Waals surface area contributed by atoms with E-state index in [1.54, 1.807) is 18.2 Å². The molecule has 0 saturated carbocycles. The molecule has 2 heterocycles. The second-order valence-corrected chi connectivity index (χ2v) is 8.56. The van der Waals surface area contributed by atoms with Crippen LogP contribution in [-0.4, -0.2) is 42.9 Å². The molecule has 5 heteroatoms. The zero-order chi connectivity index (χ0) is 22.6. The van der Waals surface area contributed by atoms with E-state index in [4.69, 9.17) is 9.47 Å². The molecule has 0 radical (unpaired) electrons. The van der Waals surface area contributed by atoms with Crippen molar-refractivity contribution in [2.45, 2.75) is 19.3 Å². The van der Waals surface area contributed by atoms with E-state index in [1.165, 1.54) is 38.1 Å². The third-order valence-electron chi connectivity index (χ3n) is 6.36. The molecule has 1 fully saturated rings. The third-order valence-corrected chi connectivity index (χ3v) is 6.36. The van der Waals surface area contributed by atoms with Crippen molar-refractivity contribution in [3.63, 3.8) is 0 Å². The molecule has 5 rings (SSSR count). The predicted molar refractivity (Wildman–Crippen MR) is 128 cm³/mol. The molecule has 2 aliphatic rings. The largest absolute Gasteiger partial charge is 0.508 e. The van der Waals surface area contributed by atoms with E-state index in [1.807, 2.05) is 24.3 Å². The van der Waals surface area contributed by atoms with Gasteiger partial charge in [-0.1, -0.05) is 24.3 Å². The van der Waals surface area contributed by atoms with Crippen molar-refractivity contribution >= 4 is 11.1 Å². The summed E-state index contributed by atoms with van der Waals surface area (Å²) in [5.41, 5.74) is 5.00. The van der Waals surface area contributed by atoms with Gasteiger partial charge in [0.1, 0.15) is 29.7 Å². The number of nitrogens with zero attached hydrogens (tertiary/aromatic N) is 1. The summed E-state index contributed by atoms with van der Waals surface area (Å²) >= 11 is 0. The number of phenolic OH excluding ortho intramolecular Hbond substituents is 1. The number of hydrogen-bond donors (Lipinski definition) is 1. The summed E-state index contributed by atoms with van der Waals surface area (Å²) in [6, 6.07) is 20.0. The van der Waals surface area contributed by atoms with Gasteiger partial charge in [-0.25, -0.2) is 4.39 Å². The molecular weight excluding hydrogens is 417 g/mol. The fraction of sp³-hybridized carbons (Fsp3) is 0.286. The Hall–Kier alpha value is -3.31. The predicted octanol–water partition coefficient (Wildman–Crippen LogP) is 5.75. The van der Waals surface area contributed by atoms with Crippen LogP contribution in [0.15, 0.2) is 66.7 Å². The Labute approximate surface area is 193 Å². The van der Waals surface area contributed by atoms with Crippen LogP contribution in [0.2, 0.25) is 0 Å². The molecule has 0 aromatic heterocycles. The van der Waals surface area contributed by atoms with Crippen LogP contribution in [-0.2, 0) is 0 Å². The van der Waals surface area contributed by atoms with Gasteiger partial charge in [-0.3, -0.25) is 4.90 Å². The first-order valence-corrected chi connectivity index (χ1v) is 11.6. The Bertz CT molecular complexity index is 1130. The number of halogens is 1. The molecule has 0 amide bonds. The molecule has 4 nitrogen and oxygen atoms in total. The Morgan fingerprint density at radius 2 is 1.64 bits per heavy atom. The number of rotatable bonds is 6. The van der Waals surface area contributed by atoms with Crippen molar-refractivity contribution in [1.82, 2.24) is 4.90 Å². The lowest BCUT2D eigenvalue weighted by Gasteiger charge is -2.17. The fourth-order valence-electron chi connectivity index (χ4n) is 4.67. The number of fused-ring (bicyclic) bond motifs is 1. The van der Waals surface area contributed by atoms with E-state index in [0.717, 1.165) is 40.1 Å². The van der Waals surface area contributed by atoms with Gasteiger partial charge in [-0.05, 0) is 84.6 Å². The Balaban J connectivity index is 1.48. The van der Waals surface area contributed by atoms with Gasteiger partial charge in [0.05, 0.1) is 6.61 Å². The first-order chi connectivity index (χ1) is 16.2. The average Bonchev–Trinajstić information content (AvgIpc) is 3.27. The quantitative estimate of drug-likeness (QED) is 0.525. The van der Waals surface area contributed by atoms with Crippen LogP contribution in [0, 0.1) is 5.82 Å². The van der Waals surface area contributed by atoms with Crippen LogP contribution in [0.1, 0.15) is 36.0 Å². The molecule has 0 aliphatic carbocycles. The molecule has 170 valence electrons. The fourth-order valence-corrected chi connectivity index (χ4v) is 4.67. The molecule has 1 N–H and O–H groups in total. The van der Waals surface area contributed by atoms with Crippen molar-refractivity contribution in [1.29, 1.82) is 0 Å². The maximum absolute atomic E-state index is 14.0. The Morgan fingerprint density at radius 1 is 0.909 bits per heavy atom. The van der Waals surface area contributed by atoms with Crippen molar-refractivity contribution in [2.75, 3.05) is 32.8 Å². The van der Waals surface area contributed by atoms with Crippen LogP contribution >= 0.6 is 0 Å². The maximum atomic E-state index is 14.0. The Kier molecular flexibility index (Phi) is 6.31. The second kappa shape index (κ2) is 9.67. The van der Waals surface area contributed by atoms with E-state index in [0.29, 0.717) is 25.4 Å². The van der Waals surface area contributed by atoms with Crippen molar-refractivity contribution in [3.8, 4) is 17.2 Å². The molecule has 0 spiro atoms. The average molecular weight is 446 g/mol. The van der Waals surface area contributed by atoms with Gasteiger partial charge in [0, 0.05) is 24.6 Å². The van der Waals surface area contributed by atoms with Crippen LogP contribution in [0.25, 0.3) is 11.1 Å². The zero-order valence-corrected chi connectivity index (χ0v) is 18.6. The van der Waals surface area contributed by atoms with Crippen molar-refractivity contribution in [2.24, 2.45) is 0 Å². The maximum Gasteiger partial charge on any atom is 0.130 e. The van der Waals surface area contributed by atoms with E-state index >= 15 is 0 Å². The summed E-state index contributed by atoms with van der Waals surface area (Å²) < 4.78 is 25.9. The van der Waals surface area contributed by atoms with Gasteiger partial charge in [-0.15, -0.1) is 0 Å². The minimum absolute atomic E-state index is 0.226. The van der Waals surface area contributed by atoms with Gasteiger partial charge in [0.25, 0.3) is 0 Å². The van der Waals surface area contributed by atoms with Gasteiger partial charge in [-0.2, -0.15) is 0 Å². The summed E-state index contributed by atoms with van der Waals surface area (Å²) in [6.07, 6.45) is 3.23. The van der Waals surface area contributed by atoms with Gasteiger partial charge in [0.2, 0.25) is 0 Å². The first-order valence-electron chi connectivity index (χ1n) is 11.6. The summed E-state index contributed by atoms with van der Waals surface area (Å²) in [6.45, 7) is 4.41. The van der Waals surface area contributed by atoms with E-state index in [-0.39, 0.29) is 11.6 Å². The summed E-state index contributed by atoms with van der Waals surface area (Å²) in [7, 11) is 0. The monoisotopic (exact) mass is 445 g/mol. The van der Waals surface area contributed by atoms with Crippen LogP contribution in [0.3, 0.4) is 0 Å². The number of aromatic hydroxyl groups is 1. The number of likely N-dealkylation sites (tertiary alicyclic amines) is 1. The van der Waals surface area contributed by atoms with E-state index < -0.39 is 0 Å². The molecule has 33 heavy (non-hydrogen) atoms. The highest BCUT2D eigenvalue weighted by atomic mass is 19.1. The molecule has 0 bridgehead atoms. The highest BCUT2D eigenvalue weighted by Gasteiger charge is 2.22. The molecule has 3 aromatic rings. The highest BCUT2D eigenvalue weighted by Crippen LogP contribution is 2.41. The molecule has 2 aliphatic heterocycles. The lowest BCUT2D eigenvalue weighted by atomic mass is 9.88. The second-order valence-electron chi connectivity index (χ2n) is 8.56. The standard InChI is InChI=1S/C28H28FNO3/c29-22-7-12-26-27(19-22)33-17-13-25(20-3-8-23(31)9-4-20)28(26)21-5-10-24(11-6-21)32-18-16-30-14-1-2-15-30/h3-12,19,31H,1-2,13-18H2. The lowest BCUT2D eigenvalue weighted by Crippen LogP contribution is -2.25. The first kappa shape index (κ1) is 21.5. The molecule has 0 atom stereocenters. The number of ether oxygens (including phenoxy) is 2. The number of hydrogen-bond acceptors (Lipinski definition) is 4. The van der Waals surface area contributed by atoms with Gasteiger partial charge in [0.15, 0.2) is 0 Å². The van der Waals surface area contributed by atoms with E-state index in [2.05, 4.69) is 17.0 Å². The summed E-state index contributed by atoms with van der Waals surface area (Å²) in [5, 5.41) is 9.75. The highest BCUT2D eigenvalue weighted by molar-refractivity contribution is 6.00. The minimum atomic E-state index is -0.317. The zero-order valence-electron chi connectivity index (χ0n) is 18.6. The Morgan fingerprint density at radius 3 is 2.39 bits per heavy atom. The smallest absolute Gasteiger partial charge is 0.130 e. The van der Waals surface area contributed by atoms with Crippen LogP contribution < -0.4 is 9.47 Å². The molecule has 0 unspecified atom stereocenters.